The molecule has 1 aromatic rings. The van der Waals surface area contributed by atoms with Crippen LogP contribution in [0.25, 0.3) is 0 Å². The van der Waals surface area contributed by atoms with Gasteiger partial charge in [0.1, 0.15) is 12.4 Å². The van der Waals surface area contributed by atoms with Crippen LogP contribution in [0.2, 0.25) is 0 Å². The summed E-state index contributed by atoms with van der Waals surface area (Å²) in [6.45, 7) is 4.89. The Kier molecular flexibility index (Phi) is 4.46. The summed E-state index contributed by atoms with van der Waals surface area (Å²) >= 11 is 0. The first-order chi connectivity index (χ1) is 8.40. The van der Waals surface area contributed by atoms with Crippen molar-refractivity contribution in [3.05, 3.63) is 24.0 Å². The molecule has 0 aromatic carbocycles. The number of carbonyl (C=O) groups is 1. The fourth-order valence-corrected chi connectivity index (χ4v) is 1.72. The van der Waals surface area contributed by atoms with Gasteiger partial charge in [0.25, 0.3) is 0 Å². The summed E-state index contributed by atoms with van der Waals surface area (Å²) in [5, 5.41) is 0. The van der Waals surface area contributed by atoms with Crippen molar-refractivity contribution in [3.63, 3.8) is 0 Å². The monoisotopic (exact) mass is 236 g/mol. The molecule has 0 radical (unpaired) electrons. The van der Waals surface area contributed by atoms with Crippen LogP contribution >= 0.6 is 0 Å². The maximum absolute atomic E-state index is 10.7. The van der Waals surface area contributed by atoms with E-state index in [1.807, 2.05) is 0 Å². The highest BCUT2D eigenvalue weighted by Crippen LogP contribution is 2.13. The average Bonchev–Trinajstić information content (AvgIpc) is 2.40. The van der Waals surface area contributed by atoms with E-state index in [1.54, 1.807) is 12.3 Å². The van der Waals surface area contributed by atoms with Crippen molar-refractivity contribution in [2.24, 2.45) is 0 Å². The van der Waals surface area contributed by atoms with Crippen LogP contribution < -0.4 is 4.74 Å². The normalized spacial score (nSPS) is 16.7. The van der Waals surface area contributed by atoms with E-state index in [9.17, 15) is 4.79 Å². The number of morpholine rings is 1. The number of hydrogen-bond donors (Lipinski definition) is 0. The molecule has 0 N–H and O–H groups in total. The quantitative estimate of drug-likeness (QED) is 0.701. The van der Waals surface area contributed by atoms with E-state index in [-0.39, 0.29) is 0 Å². The van der Waals surface area contributed by atoms with Crippen LogP contribution in [-0.4, -0.2) is 55.6 Å². The molecule has 0 saturated carbocycles. The third kappa shape index (κ3) is 3.51. The Hall–Kier alpha value is -1.46. The summed E-state index contributed by atoms with van der Waals surface area (Å²) in [5.74, 6) is 0.600. The molecular formula is C12H16N2O3. The standard InChI is InChI=1S/C12H16N2O3/c15-10-11-9-13-2-1-12(11)17-8-5-14-3-6-16-7-4-14/h1-2,9-10H,3-8H2. The first-order valence-electron chi connectivity index (χ1n) is 5.72. The zero-order chi connectivity index (χ0) is 11.9. The largest absolute Gasteiger partial charge is 0.491 e. The van der Waals surface area contributed by atoms with Gasteiger partial charge in [0.15, 0.2) is 6.29 Å². The lowest BCUT2D eigenvalue weighted by atomic mass is 10.3. The van der Waals surface area contributed by atoms with Gasteiger partial charge in [-0.25, -0.2) is 0 Å². The van der Waals surface area contributed by atoms with Gasteiger partial charge >= 0.3 is 0 Å². The number of aromatic nitrogens is 1. The van der Waals surface area contributed by atoms with Gasteiger partial charge in [0.2, 0.25) is 0 Å². The Morgan fingerprint density at radius 1 is 1.47 bits per heavy atom. The zero-order valence-electron chi connectivity index (χ0n) is 9.67. The van der Waals surface area contributed by atoms with Crippen molar-refractivity contribution >= 4 is 6.29 Å². The summed E-state index contributed by atoms with van der Waals surface area (Å²) in [7, 11) is 0. The summed E-state index contributed by atoms with van der Waals surface area (Å²) in [4.78, 5) is 16.9. The van der Waals surface area contributed by atoms with E-state index in [1.165, 1.54) is 6.20 Å². The van der Waals surface area contributed by atoms with E-state index < -0.39 is 0 Å². The smallest absolute Gasteiger partial charge is 0.155 e. The Bertz CT molecular complexity index is 365. The summed E-state index contributed by atoms with van der Waals surface area (Å²) in [6, 6.07) is 1.71. The fourth-order valence-electron chi connectivity index (χ4n) is 1.72. The molecule has 0 aliphatic carbocycles. The Morgan fingerprint density at radius 3 is 3.06 bits per heavy atom. The molecule has 5 heteroatoms. The molecule has 5 nitrogen and oxygen atoms in total. The van der Waals surface area contributed by atoms with Crippen LogP contribution in [0.3, 0.4) is 0 Å². The van der Waals surface area contributed by atoms with Crippen molar-refractivity contribution in [1.29, 1.82) is 0 Å². The lowest BCUT2D eigenvalue weighted by Crippen LogP contribution is -2.38. The molecule has 2 rings (SSSR count). The van der Waals surface area contributed by atoms with E-state index in [0.29, 0.717) is 17.9 Å². The molecule has 0 unspecified atom stereocenters. The molecule has 1 saturated heterocycles. The summed E-state index contributed by atoms with van der Waals surface area (Å²) in [6.07, 6.45) is 3.89. The molecule has 1 aliphatic heterocycles. The first kappa shape index (κ1) is 12.0. The lowest BCUT2D eigenvalue weighted by molar-refractivity contribution is 0.0322. The summed E-state index contributed by atoms with van der Waals surface area (Å²) < 4.78 is 10.8. The SMILES string of the molecule is O=Cc1cnccc1OCCN1CCOCC1. The Morgan fingerprint density at radius 2 is 2.29 bits per heavy atom. The second-order valence-electron chi connectivity index (χ2n) is 3.83. The highest BCUT2D eigenvalue weighted by Gasteiger charge is 2.10. The molecular weight excluding hydrogens is 220 g/mol. The molecule has 1 fully saturated rings. The number of hydrogen-bond acceptors (Lipinski definition) is 5. The molecule has 2 heterocycles. The van der Waals surface area contributed by atoms with Crippen LogP contribution in [0.15, 0.2) is 18.5 Å². The lowest BCUT2D eigenvalue weighted by Gasteiger charge is -2.26. The van der Waals surface area contributed by atoms with E-state index >= 15 is 0 Å². The van der Waals surface area contributed by atoms with Gasteiger partial charge in [-0.05, 0) is 6.07 Å². The third-order valence-corrected chi connectivity index (χ3v) is 2.71. The van der Waals surface area contributed by atoms with E-state index in [0.717, 1.165) is 39.1 Å². The molecule has 0 bridgehead atoms. The van der Waals surface area contributed by atoms with Crippen LogP contribution in [0.4, 0.5) is 0 Å². The van der Waals surface area contributed by atoms with Crippen LogP contribution in [-0.2, 0) is 4.74 Å². The highest BCUT2D eigenvalue weighted by molar-refractivity contribution is 5.78. The Labute approximate surface area is 100 Å². The summed E-state index contributed by atoms with van der Waals surface area (Å²) in [5.41, 5.74) is 0.495. The number of nitrogens with zero attached hydrogens (tertiary/aromatic N) is 2. The third-order valence-electron chi connectivity index (χ3n) is 2.71. The van der Waals surface area contributed by atoms with Gasteiger partial charge < -0.3 is 9.47 Å². The van der Waals surface area contributed by atoms with Gasteiger partial charge in [-0.1, -0.05) is 0 Å². The van der Waals surface area contributed by atoms with Crippen molar-refractivity contribution in [2.45, 2.75) is 0 Å². The number of rotatable bonds is 5. The van der Waals surface area contributed by atoms with Gasteiger partial charge in [-0.3, -0.25) is 14.7 Å². The molecule has 0 atom stereocenters. The number of ether oxygens (including phenoxy) is 2. The second-order valence-corrected chi connectivity index (χ2v) is 3.83. The van der Waals surface area contributed by atoms with Crippen molar-refractivity contribution < 1.29 is 14.3 Å². The van der Waals surface area contributed by atoms with Gasteiger partial charge in [-0.2, -0.15) is 0 Å². The van der Waals surface area contributed by atoms with Gasteiger partial charge in [0, 0.05) is 32.0 Å². The minimum Gasteiger partial charge on any atom is -0.491 e. The predicted molar refractivity (Wildman–Crippen MR) is 62.4 cm³/mol. The molecule has 0 amide bonds. The highest BCUT2D eigenvalue weighted by atomic mass is 16.5. The average molecular weight is 236 g/mol. The fraction of sp³-hybridized carbons (Fsp3) is 0.500. The number of aldehydes is 1. The van der Waals surface area contributed by atoms with E-state index in [2.05, 4.69) is 9.88 Å². The molecule has 1 aromatic heterocycles. The zero-order valence-corrected chi connectivity index (χ0v) is 9.67. The molecule has 0 spiro atoms. The minimum absolute atomic E-state index is 0.495. The number of pyridine rings is 1. The van der Waals surface area contributed by atoms with Gasteiger partial charge in [-0.15, -0.1) is 0 Å². The second kappa shape index (κ2) is 6.32. The molecule has 17 heavy (non-hydrogen) atoms. The molecule has 1 aliphatic rings. The predicted octanol–water partition coefficient (Wildman–Crippen LogP) is 0.605. The maximum Gasteiger partial charge on any atom is 0.155 e. The first-order valence-corrected chi connectivity index (χ1v) is 5.72. The Balaban J connectivity index is 1.79. The topological polar surface area (TPSA) is 51.7 Å². The molecule has 92 valence electrons. The van der Waals surface area contributed by atoms with Crippen LogP contribution in [0.5, 0.6) is 5.75 Å². The van der Waals surface area contributed by atoms with Crippen molar-refractivity contribution in [2.75, 3.05) is 39.5 Å². The van der Waals surface area contributed by atoms with Crippen LogP contribution in [0, 0.1) is 0 Å². The maximum atomic E-state index is 10.7. The van der Waals surface area contributed by atoms with Crippen molar-refractivity contribution in [1.82, 2.24) is 9.88 Å². The van der Waals surface area contributed by atoms with Crippen molar-refractivity contribution in [3.8, 4) is 5.75 Å². The van der Waals surface area contributed by atoms with Gasteiger partial charge in [0.05, 0.1) is 18.8 Å². The number of carbonyl (C=O) groups excluding carboxylic acids is 1. The van der Waals surface area contributed by atoms with E-state index in [4.69, 9.17) is 9.47 Å². The van der Waals surface area contributed by atoms with Crippen LogP contribution in [0.1, 0.15) is 10.4 Å². The minimum atomic E-state index is 0.495.